The molecule has 178 valence electrons. The summed E-state index contributed by atoms with van der Waals surface area (Å²) in [7, 11) is 0. The first-order valence-electron chi connectivity index (χ1n) is 11.2. The van der Waals surface area contributed by atoms with Crippen LogP contribution in [0.5, 0.6) is 0 Å². The normalized spacial score (nSPS) is 10.6. The van der Waals surface area contributed by atoms with Gasteiger partial charge in [0.05, 0.1) is 4.47 Å². The Morgan fingerprint density at radius 2 is 1.88 bits per heavy atom. The van der Waals surface area contributed by atoms with Crippen LogP contribution in [0.25, 0.3) is 0 Å². The van der Waals surface area contributed by atoms with Crippen molar-refractivity contribution in [1.29, 1.82) is 5.41 Å². The second-order valence-corrected chi connectivity index (χ2v) is 8.70. The van der Waals surface area contributed by atoms with E-state index >= 15 is 0 Å². The summed E-state index contributed by atoms with van der Waals surface area (Å²) in [4.78, 5) is 23.1. The largest absolute Gasteiger partial charge is 0.355 e. The Hall–Kier alpha value is -2.78. The van der Waals surface area contributed by atoms with Gasteiger partial charge in [-0.25, -0.2) is 4.98 Å². The van der Waals surface area contributed by atoms with E-state index in [9.17, 15) is 4.79 Å². The average molecular weight is 516 g/mol. The number of hydrogen-bond acceptors (Lipinski definition) is 6. The molecule has 0 aliphatic carbocycles. The predicted molar refractivity (Wildman–Crippen MR) is 139 cm³/mol. The summed E-state index contributed by atoms with van der Waals surface area (Å²) in [5.41, 5.74) is 2.96. The van der Waals surface area contributed by atoms with Gasteiger partial charge in [-0.15, -0.1) is 0 Å². The highest BCUT2D eigenvalue weighted by atomic mass is 79.9. The maximum atomic E-state index is 12.1. The van der Waals surface area contributed by atoms with Crippen LogP contribution >= 0.6 is 15.9 Å². The zero-order valence-electron chi connectivity index (χ0n) is 19.8. The molecule has 0 aliphatic rings. The van der Waals surface area contributed by atoms with E-state index in [0.717, 1.165) is 36.5 Å². The van der Waals surface area contributed by atoms with Crippen molar-refractivity contribution >= 4 is 45.1 Å². The van der Waals surface area contributed by atoms with Gasteiger partial charge in [0.15, 0.2) is 5.82 Å². The number of nitrogens with one attached hydrogen (secondary N) is 4. The average Bonchev–Trinajstić information content (AvgIpc) is 2.78. The number of allylic oxidation sites excluding steroid dienone is 1. The van der Waals surface area contributed by atoms with E-state index in [2.05, 4.69) is 60.6 Å². The smallest absolute Gasteiger partial charge is 0.229 e. The van der Waals surface area contributed by atoms with Gasteiger partial charge in [-0.2, -0.15) is 4.98 Å². The summed E-state index contributed by atoms with van der Waals surface area (Å²) < 4.78 is 0.672. The van der Waals surface area contributed by atoms with Gasteiger partial charge in [-0.05, 0) is 73.1 Å². The first kappa shape index (κ1) is 26.5. The molecule has 1 aromatic carbocycles. The summed E-state index contributed by atoms with van der Waals surface area (Å²) in [5, 5.41) is 17.1. The number of amidine groups is 1. The van der Waals surface area contributed by atoms with Crippen LogP contribution in [0.2, 0.25) is 0 Å². The quantitative estimate of drug-likeness (QED) is 0.240. The van der Waals surface area contributed by atoms with Gasteiger partial charge in [0.1, 0.15) is 5.84 Å². The summed E-state index contributed by atoms with van der Waals surface area (Å²) >= 11 is 3.41. The molecule has 8 nitrogen and oxygen atoms in total. The van der Waals surface area contributed by atoms with Gasteiger partial charge < -0.3 is 20.9 Å². The van der Waals surface area contributed by atoms with Crippen molar-refractivity contribution in [1.82, 2.24) is 20.2 Å². The van der Waals surface area contributed by atoms with Gasteiger partial charge in [-0.1, -0.05) is 31.6 Å². The number of carbonyl (C=O) groups is 1. The second kappa shape index (κ2) is 13.7. The van der Waals surface area contributed by atoms with Crippen LogP contribution in [0.4, 0.5) is 17.5 Å². The van der Waals surface area contributed by atoms with Gasteiger partial charge in [0, 0.05) is 31.4 Å². The van der Waals surface area contributed by atoms with Crippen molar-refractivity contribution < 1.29 is 4.79 Å². The Bertz CT molecular complexity index is 952. The standard InChI is InChI=1S/C24H34BrN7O/c1-5-32(6-2)14-13-27-22(33)12-9-18-7-10-19(11-8-18)29-24-28-16-20(25)23(31-24)30-21(26)15-17(3)4/h7-8,10-11,15-16H,5-6,9,12-14H2,1-4H3,(H,27,33)(H3,26,28,29,30,31). The van der Waals surface area contributed by atoms with E-state index in [0.29, 0.717) is 35.6 Å². The molecule has 2 rings (SSSR count). The van der Waals surface area contributed by atoms with E-state index in [-0.39, 0.29) is 11.7 Å². The number of rotatable bonds is 12. The third-order valence-corrected chi connectivity index (χ3v) is 5.51. The van der Waals surface area contributed by atoms with E-state index in [1.54, 1.807) is 12.3 Å². The van der Waals surface area contributed by atoms with Crippen molar-refractivity contribution in [2.75, 3.05) is 36.8 Å². The SMILES string of the molecule is CCN(CC)CCNC(=O)CCc1ccc(Nc2ncc(Br)c(NC(=N)C=C(C)C)n2)cc1. The minimum Gasteiger partial charge on any atom is -0.355 e. The molecule has 0 bridgehead atoms. The number of amides is 1. The van der Waals surface area contributed by atoms with Gasteiger partial charge >= 0.3 is 0 Å². The fourth-order valence-corrected chi connectivity index (χ4v) is 3.38. The third-order valence-electron chi connectivity index (χ3n) is 4.93. The summed E-state index contributed by atoms with van der Waals surface area (Å²) in [6, 6.07) is 7.87. The van der Waals surface area contributed by atoms with Gasteiger partial charge in [-0.3, -0.25) is 10.2 Å². The molecule has 0 saturated carbocycles. The lowest BCUT2D eigenvalue weighted by Crippen LogP contribution is -2.34. The molecule has 9 heteroatoms. The second-order valence-electron chi connectivity index (χ2n) is 7.85. The molecular weight excluding hydrogens is 482 g/mol. The highest BCUT2D eigenvalue weighted by Gasteiger charge is 2.08. The number of nitrogens with zero attached hydrogens (tertiary/aromatic N) is 3. The zero-order chi connectivity index (χ0) is 24.2. The summed E-state index contributed by atoms with van der Waals surface area (Å²) in [6.45, 7) is 11.7. The topological polar surface area (TPSA) is 106 Å². The van der Waals surface area contributed by atoms with Crippen LogP contribution in [0.3, 0.4) is 0 Å². The molecule has 1 aromatic heterocycles. The molecule has 0 spiro atoms. The molecular formula is C24H34BrN7O. The summed E-state index contributed by atoms with van der Waals surface area (Å²) in [5.74, 6) is 1.26. The van der Waals surface area contributed by atoms with Crippen LogP contribution in [-0.2, 0) is 11.2 Å². The first-order valence-corrected chi connectivity index (χ1v) is 12.0. The van der Waals surface area contributed by atoms with Crippen LogP contribution in [0.15, 0.2) is 46.6 Å². The molecule has 0 radical (unpaired) electrons. The van der Waals surface area contributed by atoms with Crippen LogP contribution in [0.1, 0.15) is 39.7 Å². The molecule has 0 saturated heterocycles. The number of carbonyl (C=O) groups excluding carboxylic acids is 1. The number of benzene rings is 1. The van der Waals surface area contributed by atoms with E-state index < -0.39 is 0 Å². The van der Waals surface area contributed by atoms with E-state index in [1.165, 1.54) is 0 Å². The van der Waals surface area contributed by atoms with Crippen LogP contribution in [0, 0.1) is 5.41 Å². The van der Waals surface area contributed by atoms with Crippen molar-refractivity contribution in [2.24, 2.45) is 0 Å². The molecule has 0 aliphatic heterocycles. The maximum Gasteiger partial charge on any atom is 0.229 e. The summed E-state index contributed by atoms with van der Waals surface area (Å²) in [6.07, 6.45) is 4.52. The lowest BCUT2D eigenvalue weighted by atomic mass is 10.1. The molecule has 1 amide bonds. The number of aryl methyl sites for hydroxylation is 1. The van der Waals surface area contributed by atoms with Crippen molar-refractivity contribution in [3.05, 3.63) is 52.1 Å². The maximum absolute atomic E-state index is 12.1. The number of aromatic nitrogens is 2. The minimum absolute atomic E-state index is 0.0753. The Morgan fingerprint density at radius 3 is 2.52 bits per heavy atom. The van der Waals surface area contributed by atoms with Crippen LogP contribution in [-0.4, -0.2) is 52.8 Å². The lowest BCUT2D eigenvalue weighted by Gasteiger charge is -2.17. The Morgan fingerprint density at radius 1 is 1.18 bits per heavy atom. The molecule has 1 heterocycles. The predicted octanol–water partition coefficient (Wildman–Crippen LogP) is 4.73. The van der Waals surface area contributed by atoms with Crippen LogP contribution < -0.4 is 16.0 Å². The molecule has 4 N–H and O–H groups in total. The first-order chi connectivity index (χ1) is 15.8. The van der Waals surface area contributed by atoms with Crippen molar-refractivity contribution in [2.45, 2.75) is 40.5 Å². The van der Waals surface area contributed by atoms with E-state index in [4.69, 9.17) is 5.41 Å². The van der Waals surface area contributed by atoms with Crippen molar-refractivity contribution in [3.8, 4) is 0 Å². The number of likely N-dealkylation sites (N-methyl/N-ethyl adjacent to an activating group) is 1. The Labute approximate surface area is 204 Å². The molecule has 0 atom stereocenters. The van der Waals surface area contributed by atoms with Crippen molar-refractivity contribution in [3.63, 3.8) is 0 Å². The zero-order valence-corrected chi connectivity index (χ0v) is 21.4. The van der Waals surface area contributed by atoms with Gasteiger partial charge in [0.2, 0.25) is 11.9 Å². The Balaban J connectivity index is 1.86. The molecule has 0 fully saturated rings. The highest BCUT2D eigenvalue weighted by Crippen LogP contribution is 2.22. The minimum atomic E-state index is 0.0753. The third kappa shape index (κ3) is 9.71. The molecule has 33 heavy (non-hydrogen) atoms. The number of halogens is 1. The van der Waals surface area contributed by atoms with Gasteiger partial charge in [0.25, 0.3) is 0 Å². The number of hydrogen-bond donors (Lipinski definition) is 4. The lowest BCUT2D eigenvalue weighted by molar-refractivity contribution is -0.121. The fourth-order valence-electron chi connectivity index (χ4n) is 3.09. The van der Waals surface area contributed by atoms with E-state index in [1.807, 2.05) is 38.1 Å². The number of anilines is 3. The Kier molecular flexibility index (Phi) is 11.0. The molecule has 2 aromatic rings. The highest BCUT2D eigenvalue weighted by molar-refractivity contribution is 9.10. The monoisotopic (exact) mass is 515 g/mol. The molecule has 0 unspecified atom stereocenters. The fraction of sp³-hybridized carbons (Fsp3) is 0.417.